The summed E-state index contributed by atoms with van der Waals surface area (Å²) in [5.41, 5.74) is 0. The van der Waals surface area contributed by atoms with Crippen LogP contribution in [0.1, 0.15) is 25.7 Å². The molecule has 21 heavy (non-hydrogen) atoms. The molecule has 0 N–H and O–H groups in total. The lowest BCUT2D eigenvalue weighted by Crippen LogP contribution is -2.39. The van der Waals surface area contributed by atoms with E-state index in [0.717, 1.165) is 12.8 Å². The van der Waals surface area contributed by atoms with Crippen LogP contribution in [0, 0.1) is 0 Å². The first kappa shape index (κ1) is 16.5. The minimum Gasteiger partial charge on any atom is -0.211 e. The molecule has 1 aliphatic rings. The van der Waals surface area contributed by atoms with Gasteiger partial charge < -0.3 is 0 Å². The fourth-order valence-electron chi connectivity index (χ4n) is 2.34. The molecule has 0 radical (unpaired) electrons. The van der Waals surface area contributed by atoms with Crippen LogP contribution >= 0.6 is 23.2 Å². The Kier molecular flexibility index (Phi) is 5.41. The molecule has 2 rings (SSSR count). The summed E-state index contributed by atoms with van der Waals surface area (Å²) in [5, 5.41) is 0.376. The Balaban J connectivity index is 2.48. The molecule has 1 saturated heterocycles. The molecule has 5 nitrogen and oxygen atoms in total. The molecule has 1 heterocycles. The maximum Gasteiger partial charge on any atom is 0.246 e. The van der Waals surface area contributed by atoms with Crippen LogP contribution in [-0.4, -0.2) is 31.5 Å². The van der Waals surface area contributed by atoms with Crippen molar-refractivity contribution in [3.63, 3.8) is 0 Å². The molecule has 1 fully saturated rings. The quantitative estimate of drug-likeness (QED) is 0.622. The molecule has 1 atom stereocenters. The Morgan fingerprint density at radius 2 is 2.00 bits per heavy atom. The van der Waals surface area contributed by atoms with Crippen molar-refractivity contribution in [3.8, 4) is 0 Å². The highest BCUT2D eigenvalue weighted by Gasteiger charge is 2.33. The Morgan fingerprint density at radius 3 is 2.71 bits per heavy atom. The average Bonchev–Trinajstić information content (AvgIpc) is 2.68. The number of halogens is 2. The third-order valence-electron chi connectivity index (χ3n) is 3.35. The van der Waals surface area contributed by atoms with Gasteiger partial charge in [0.25, 0.3) is 0 Å². The molecular formula is C13H14Cl2N2O3S. The van der Waals surface area contributed by atoms with Crippen molar-refractivity contribution in [3.05, 3.63) is 28.2 Å². The van der Waals surface area contributed by atoms with Crippen LogP contribution in [-0.2, 0) is 14.8 Å². The minimum absolute atomic E-state index is 0.0651. The molecule has 0 bridgehead atoms. The molecule has 8 heteroatoms. The number of isocyanates is 1. The van der Waals surface area contributed by atoms with Gasteiger partial charge >= 0.3 is 0 Å². The average molecular weight is 349 g/mol. The molecule has 1 aromatic rings. The van der Waals surface area contributed by atoms with Crippen LogP contribution in [0.3, 0.4) is 0 Å². The molecule has 114 valence electrons. The first-order chi connectivity index (χ1) is 9.96. The van der Waals surface area contributed by atoms with Crippen molar-refractivity contribution in [1.29, 1.82) is 0 Å². The van der Waals surface area contributed by atoms with Gasteiger partial charge in [0.2, 0.25) is 16.1 Å². The lowest BCUT2D eigenvalue weighted by Gasteiger charge is -2.25. The number of aliphatic imine (C=N–C) groups is 1. The van der Waals surface area contributed by atoms with E-state index in [9.17, 15) is 13.2 Å². The van der Waals surface area contributed by atoms with Gasteiger partial charge in [-0.2, -0.15) is 9.30 Å². The summed E-state index contributed by atoms with van der Waals surface area (Å²) < 4.78 is 26.8. The zero-order chi connectivity index (χ0) is 15.5. The second-order valence-electron chi connectivity index (χ2n) is 4.74. The molecule has 0 aliphatic carbocycles. The Labute approximate surface area is 133 Å². The van der Waals surface area contributed by atoms with Gasteiger partial charge in [0.05, 0.1) is 5.02 Å². The third kappa shape index (κ3) is 3.65. The molecule has 0 amide bonds. The monoisotopic (exact) mass is 348 g/mol. The first-order valence-corrected chi connectivity index (χ1v) is 8.70. The second-order valence-corrected chi connectivity index (χ2v) is 7.44. The van der Waals surface area contributed by atoms with Gasteiger partial charge in [-0.15, -0.1) is 0 Å². The van der Waals surface area contributed by atoms with Crippen LogP contribution in [0.25, 0.3) is 0 Å². The number of nitrogens with zero attached hydrogens (tertiary/aromatic N) is 2. The topological polar surface area (TPSA) is 66.8 Å². The highest BCUT2D eigenvalue weighted by molar-refractivity contribution is 7.89. The van der Waals surface area contributed by atoms with E-state index in [-0.39, 0.29) is 14.9 Å². The Hall–Kier alpha value is -0.910. The van der Waals surface area contributed by atoms with Crippen LogP contribution < -0.4 is 0 Å². The lowest BCUT2D eigenvalue weighted by molar-refractivity contribution is 0.330. The van der Waals surface area contributed by atoms with Gasteiger partial charge in [-0.1, -0.05) is 29.6 Å². The van der Waals surface area contributed by atoms with Gasteiger partial charge in [-0.3, -0.25) is 0 Å². The summed E-state index contributed by atoms with van der Waals surface area (Å²) in [5.74, 6) is 0. The summed E-state index contributed by atoms with van der Waals surface area (Å²) >= 11 is 11.9. The summed E-state index contributed by atoms with van der Waals surface area (Å²) in [6.07, 6.45) is 3.63. The SMILES string of the molecule is O=C=NC1CCCCCN1S(=O)(=O)c1cc(Cl)ccc1Cl. The molecule has 1 aromatic carbocycles. The number of carbonyl (C=O) groups excluding carboxylic acids is 1. The third-order valence-corrected chi connectivity index (χ3v) is 5.97. The molecule has 0 saturated carbocycles. The van der Waals surface area contributed by atoms with E-state index >= 15 is 0 Å². The van der Waals surface area contributed by atoms with Crippen molar-refractivity contribution >= 4 is 39.3 Å². The van der Waals surface area contributed by atoms with Crippen molar-refractivity contribution < 1.29 is 13.2 Å². The van der Waals surface area contributed by atoms with Crippen LogP contribution in [0.5, 0.6) is 0 Å². The fourth-order valence-corrected chi connectivity index (χ4v) is 4.67. The van der Waals surface area contributed by atoms with E-state index in [1.165, 1.54) is 28.6 Å². The van der Waals surface area contributed by atoms with E-state index in [2.05, 4.69) is 4.99 Å². The number of hydrogen-bond donors (Lipinski definition) is 0. The summed E-state index contributed by atoms with van der Waals surface area (Å²) in [6.45, 7) is 0.293. The predicted molar refractivity (Wildman–Crippen MR) is 80.7 cm³/mol. The first-order valence-electron chi connectivity index (χ1n) is 6.50. The van der Waals surface area contributed by atoms with Gasteiger partial charge in [0, 0.05) is 11.6 Å². The van der Waals surface area contributed by atoms with E-state index < -0.39 is 16.2 Å². The fraction of sp³-hybridized carbons (Fsp3) is 0.462. The van der Waals surface area contributed by atoms with Gasteiger partial charge in [-0.25, -0.2) is 13.2 Å². The largest absolute Gasteiger partial charge is 0.246 e. The van der Waals surface area contributed by atoms with Crippen molar-refractivity contribution in [2.75, 3.05) is 6.54 Å². The molecule has 0 aromatic heterocycles. The highest BCUT2D eigenvalue weighted by atomic mass is 35.5. The number of hydrogen-bond acceptors (Lipinski definition) is 4. The molecule has 1 unspecified atom stereocenters. The molecular weight excluding hydrogens is 335 g/mol. The van der Waals surface area contributed by atoms with Crippen LogP contribution in [0.15, 0.2) is 28.1 Å². The van der Waals surface area contributed by atoms with Crippen molar-refractivity contribution in [2.24, 2.45) is 4.99 Å². The Bertz CT molecular complexity index is 672. The van der Waals surface area contributed by atoms with Crippen LogP contribution in [0.2, 0.25) is 10.0 Å². The van der Waals surface area contributed by atoms with Crippen molar-refractivity contribution in [2.45, 2.75) is 36.7 Å². The lowest BCUT2D eigenvalue weighted by atomic mass is 10.2. The predicted octanol–water partition coefficient (Wildman–Crippen LogP) is 3.22. The maximum absolute atomic E-state index is 12.8. The summed E-state index contributed by atoms with van der Waals surface area (Å²) in [7, 11) is -3.87. The summed E-state index contributed by atoms with van der Waals surface area (Å²) in [4.78, 5) is 14.1. The molecule has 0 spiro atoms. The van der Waals surface area contributed by atoms with E-state index in [1.54, 1.807) is 0 Å². The highest BCUT2D eigenvalue weighted by Crippen LogP contribution is 2.31. The standard InChI is InChI=1S/C13H14Cl2N2O3S/c14-10-5-6-11(15)12(8-10)21(19,20)17-7-3-1-2-4-13(17)16-9-18/h5-6,8,13H,1-4,7H2. The smallest absolute Gasteiger partial charge is 0.211 e. The Morgan fingerprint density at radius 1 is 1.24 bits per heavy atom. The number of sulfonamides is 1. The van der Waals surface area contributed by atoms with Gasteiger partial charge in [0.15, 0.2) is 0 Å². The maximum atomic E-state index is 12.8. The molecule has 1 aliphatic heterocycles. The minimum atomic E-state index is -3.87. The van der Waals surface area contributed by atoms with E-state index in [4.69, 9.17) is 23.2 Å². The normalized spacial score (nSPS) is 20.6. The zero-order valence-corrected chi connectivity index (χ0v) is 13.5. The zero-order valence-electron chi connectivity index (χ0n) is 11.1. The van der Waals surface area contributed by atoms with E-state index in [0.29, 0.717) is 19.4 Å². The van der Waals surface area contributed by atoms with Gasteiger partial charge in [0.1, 0.15) is 11.1 Å². The summed E-state index contributed by atoms with van der Waals surface area (Å²) in [6, 6.07) is 4.27. The second kappa shape index (κ2) is 6.90. The van der Waals surface area contributed by atoms with Gasteiger partial charge in [-0.05, 0) is 37.5 Å². The number of benzene rings is 1. The number of rotatable bonds is 3. The van der Waals surface area contributed by atoms with Crippen LogP contribution in [0.4, 0.5) is 0 Å². The van der Waals surface area contributed by atoms with E-state index in [1.807, 2.05) is 0 Å². The van der Waals surface area contributed by atoms with Crippen molar-refractivity contribution in [1.82, 2.24) is 4.31 Å².